The normalized spacial score (nSPS) is 15.4. The van der Waals surface area contributed by atoms with Gasteiger partial charge in [0.05, 0.1) is 16.4 Å². The van der Waals surface area contributed by atoms with Crippen LogP contribution >= 0.6 is 43.2 Å². The maximum atomic E-state index is 5.98. The molecule has 2 aromatic rings. The van der Waals surface area contributed by atoms with E-state index in [0.717, 1.165) is 40.0 Å². The largest absolute Gasteiger partial charge is 0.493 e. The molecule has 0 spiro atoms. The summed E-state index contributed by atoms with van der Waals surface area (Å²) in [6.45, 7) is 3.88. The molecule has 3 rings (SSSR count). The summed E-state index contributed by atoms with van der Waals surface area (Å²) in [5.41, 5.74) is 2.58. The number of nitrogens with one attached hydrogen (secondary N) is 1. The molecule has 2 heterocycles. The Bertz CT molecular complexity index is 622. The predicted molar refractivity (Wildman–Crippen MR) is 95.5 cm³/mol. The quantitative estimate of drug-likeness (QED) is 0.710. The molecule has 1 atom stereocenters. The Balaban J connectivity index is 2.05. The van der Waals surface area contributed by atoms with Crippen molar-refractivity contribution in [1.82, 2.24) is 5.32 Å². The van der Waals surface area contributed by atoms with Gasteiger partial charge in [-0.1, -0.05) is 25.1 Å². The fourth-order valence-electron chi connectivity index (χ4n) is 2.72. The number of ether oxygens (including phenoxy) is 1. The summed E-state index contributed by atoms with van der Waals surface area (Å²) in [5.74, 6) is 1.08. The average molecular weight is 431 g/mol. The van der Waals surface area contributed by atoms with E-state index in [1.807, 2.05) is 0 Å². The Labute approximate surface area is 146 Å². The topological polar surface area (TPSA) is 21.3 Å². The van der Waals surface area contributed by atoms with Crippen molar-refractivity contribution in [2.75, 3.05) is 13.2 Å². The second-order valence-corrected chi connectivity index (χ2v) is 8.30. The van der Waals surface area contributed by atoms with E-state index >= 15 is 0 Å². The third-order valence-corrected chi connectivity index (χ3v) is 6.95. The Morgan fingerprint density at radius 1 is 1.38 bits per heavy atom. The standard InChI is InChI=1S/C16H17Br2NOS/c1-2-19-14(13-9-12(17)16(18)21-13)11-7-3-5-10-6-4-8-20-15(10)11/h3,5,7,9,14,19H,2,4,6,8H2,1H3. The van der Waals surface area contributed by atoms with Gasteiger partial charge in [-0.3, -0.25) is 0 Å². The van der Waals surface area contributed by atoms with Crippen molar-refractivity contribution in [3.05, 3.63) is 48.5 Å². The maximum absolute atomic E-state index is 5.98. The molecule has 2 nitrogen and oxygen atoms in total. The third-order valence-electron chi connectivity index (χ3n) is 3.63. The van der Waals surface area contributed by atoms with E-state index in [1.165, 1.54) is 16.0 Å². The van der Waals surface area contributed by atoms with Crippen molar-refractivity contribution >= 4 is 43.2 Å². The van der Waals surface area contributed by atoms with Gasteiger partial charge >= 0.3 is 0 Å². The summed E-state index contributed by atoms with van der Waals surface area (Å²) in [7, 11) is 0. The van der Waals surface area contributed by atoms with E-state index < -0.39 is 0 Å². The van der Waals surface area contributed by atoms with Crippen LogP contribution in [0.5, 0.6) is 5.75 Å². The van der Waals surface area contributed by atoms with Crippen molar-refractivity contribution in [1.29, 1.82) is 0 Å². The van der Waals surface area contributed by atoms with Crippen molar-refractivity contribution < 1.29 is 4.74 Å². The van der Waals surface area contributed by atoms with Crippen LogP contribution < -0.4 is 10.1 Å². The molecule has 1 aliphatic rings. The van der Waals surface area contributed by atoms with Gasteiger partial charge in [-0.25, -0.2) is 0 Å². The minimum atomic E-state index is 0.177. The van der Waals surface area contributed by atoms with Crippen LogP contribution in [0.4, 0.5) is 0 Å². The highest BCUT2D eigenvalue weighted by Crippen LogP contribution is 2.41. The molecule has 0 saturated carbocycles. The molecule has 1 aliphatic heterocycles. The summed E-state index contributed by atoms with van der Waals surface area (Å²) >= 11 is 8.94. The lowest BCUT2D eigenvalue weighted by Crippen LogP contribution is -2.23. The van der Waals surface area contributed by atoms with E-state index in [0.29, 0.717) is 0 Å². The zero-order valence-corrected chi connectivity index (χ0v) is 15.8. The number of hydrogen-bond acceptors (Lipinski definition) is 3. The lowest BCUT2D eigenvalue weighted by Gasteiger charge is -2.25. The highest BCUT2D eigenvalue weighted by molar-refractivity contribution is 9.13. The molecule has 0 saturated heterocycles. The van der Waals surface area contributed by atoms with Gasteiger partial charge in [0.15, 0.2) is 0 Å². The number of rotatable bonds is 4. The fourth-order valence-corrected chi connectivity index (χ4v) is 4.90. The molecule has 0 aliphatic carbocycles. The number of fused-ring (bicyclic) bond motifs is 1. The molecule has 0 radical (unpaired) electrons. The van der Waals surface area contributed by atoms with Crippen LogP contribution in [0.1, 0.15) is 35.4 Å². The van der Waals surface area contributed by atoms with Crippen LogP contribution in [0.15, 0.2) is 32.5 Å². The molecule has 0 bridgehead atoms. The first-order chi connectivity index (χ1) is 10.2. The third kappa shape index (κ3) is 3.21. The minimum absolute atomic E-state index is 0.177. The zero-order valence-electron chi connectivity index (χ0n) is 11.8. The molecule has 0 amide bonds. The molecular formula is C16H17Br2NOS. The maximum Gasteiger partial charge on any atom is 0.127 e. The van der Waals surface area contributed by atoms with Crippen LogP contribution in [0.2, 0.25) is 0 Å². The molecule has 1 aromatic carbocycles. The van der Waals surface area contributed by atoms with Crippen molar-refractivity contribution in [3.8, 4) is 5.75 Å². The van der Waals surface area contributed by atoms with Crippen LogP contribution in [0.3, 0.4) is 0 Å². The molecule has 0 fully saturated rings. The summed E-state index contributed by atoms with van der Waals surface area (Å²) < 4.78 is 8.22. The Hall–Kier alpha value is -0.360. The monoisotopic (exact) mass is 429 g/mol. The van der Waals surface area contributed by atoms with E-state index in [4.69, 9.17) is 4.74 Å². The van der Waals surface area contributed by atoms with Crippen molar-refractivity contribution in [2.24, 2.45) is 0 Å². The SMILES string of the molecule is CCNC(c1cc(Br)c(Br)s1)c1cccc2c1OCCC2. The molecule has 5 heteroatoms. The second-order valence-electron chi connectivity index (χ2n) is 5.05. The molecule has 21 heavy (non-hydrogen) atoms. The number of halogens is 2. The van der Waals surface area contributed by atoms with Gasteiger partial charge in [-0.15, -0.1) is 11.3 Å². The number of para-hydroxylation sites is 1. The summed E-state index contributed by atoms with van der Waals surface area (Å²) in [6, 6.07) is 8.87. The Morgan fingerprint density at radius 2 is 2.24 bits per heavy atom. The average Bonchev–Trinajstić information content (AvgIpc) is 2.84. The lowest BCUT2D eigenvalue weighted by molar-refractivity contribution is 0.283. The Morgan fingerprint density at radius 3 is 2.95 bits per heavy atom. The van der Waals surface area contributed by atoms with E-state index in [9.17, 15) is 0 Å². The van der Waals surface area contributed by atoms with Gasteiger partial charge < -0.3 is 10.1 Å². The van der Waals surface area contributed by atoms with Crippen molar-refractivity contribution in [2.45, 2.75) is 25.8 Å². The van der Waals surface area contributed by atoms with Gasteiger partial charge in [0.2, 0.25) is 0 Å². The van der Waals surface area contributed by atoms with Gasteiger partial charge in [0, 0.05) is 14.9 Å². The van der Waals surface area contributed by atoms with Gasteiger partial charge in [0.25, 0.3) is 0 Å². The predicted octanol–water partition coefficient (Wildman–Crippen LogP) is 5.30. The van der Waals surface area contributed by atoms with E-state index in [2.05, 4.69) is 68.4 Å². The molecule has 112 valence electrons. The number of thiophene rings is 1. The van der Waals surface area contributed by atoms with Crippen molar-refractivity contribution in [3.63, 3.8) is 0 Å². The van der Waals surface area contributed by atoms with E-state index in [-0.39, 0.29) is 6.04 Å². The van der Waals surface area contributed by atoms with Crippen LogP contribution in [-0.4, -0.2) is 13.2 Å². The minimum Gasteiger partial charge on any atom is -0.493 e. The highest BCUT2D eigenvalue weighted by Gasteiger charge is 2.23. The second kappa shape index (κ2) is 6.82. The highest BCUT2D eigenvalue weighted by atomic mass is 79.9. The Kier molecular flexibility index (Phi) is 5.04. The lowest BCUT2D eigenvalue weighted by atomic mass is 9.97. The van der Waals surface area contributed by atoms with Crippen LogP contribution in [-0.2, 0) is 6.42 Å². The van der Waals surface area contributed by atoms with E-state index in [1.54, 1.807) is 11.3 Å². The fraction of sp³-hybridized carbons (Fsp3) is 0.375. The number of aryl methyl sites for hydroxylation is 1. The van der Waals surface area contributed by atoms with Gasteiger partial charge in [0.1, 0.15) is 5.75 Å². The molecule has 1 aromatic heterocycles. The van der Waals surface area contributed by atoms with Gasteiger partial charge in [-0.2, -0.15) is 0 Å². The summed E-state index contributed by atoms with van der Waals surface area (Å²) in [5, 5.41) is 3.59. The first-order valence-electron chi connectivity index (χ1n) is 7.13. The molecule has 1 unspecified atom stereocenters. The first kappa shape index (κ1) is 15.5. The van der Waals surface area contributed by atoms with Crippen LogP contribution in [0, 0.1) is 0 Å². The first-order valence-corrected chi connectivity index (χ1v) is 9.53. The summed E-state index contributed by atoms with van der Waals surface area (Å²) in [6.07, 6.45) is 2.22. The smallest absolute Gasteiger partial charge is 0.127 e. The number of benzene rings is 1. The number of hydrogen-bond donors (Lipinski definition) is 1. The van der Waals surface area contributed by atoms with Gasteiger partial charge in [-0.05, 0) is 62.9 Å². The molecule has 1 N–H and O–H groups in total. The molecular weight excluding hydrogens is 414 g/mol. The van der Waals surface area contributed by atoms with Crippen LogP contribution in [0.25, 0.3) is 0 Å². The zero-order chi connectivity index (χ0) is 14.8. The summed E-state index contributed by atoms with van der Waals surface area (Å²) in [4.78, 5) is 1.29.